The van der Waals surface area contributed by atoms with E-state index < -0.39 is 5.97 Å². The first kappa shape index (κ1) is 19.1. The number of anilines is 1. The highest BCUT2D eigenvalue weighted by Crippen LogP contribution is 2.34. The van der Waals surface area contributed by atoms with Crippen molar-refractivity contribution >= 4 is 29.3 Å². The summed E-state index contributed by atoms with van der Waals surface area (Å²) in [5, 5.41) is 2.73. The Morgan fingerprint density at radius 2 is 1.74 bits per heavy atom. The highest BCUT2D eigenvalue weighted by molar-refractivity contribution is 8.00. The number of aryl methyl sites for hydroxylation is 2. The highest BCUT2D eigenvalue weighted by atomic mass is 32.2. The summed E-state index contributed by atoms with van der Waals surface area (Å²) in [5.41, 5.74) is 2.80. The van der Waals surface area contributed by atoms with E-state index >= 15 is 0 Å². The number of nitrogens with one attached hydrogen (secondary N) is 1. The normalized spacial score (nSPS) is 12.4. The summed E-state index contributed by atoms with van der Waals surface area (Å²) in [5.74, 6) is 0.669. The van der Waals surface area contributed by atoms with Crippen LogP contribution in [0.1, 0.15) is 11.1 Å². The lowest BCUT2D eigenvalue weighted by atomic mass is 10.1. The van der Waals surface area contributed by atoms with Crippen LogP contribution in [0.15, 0.2) is 41.3 Å². The quantitative estimate of drug-likeness (QED) is 0.605. The van der Waals surface area contributed by atoms with Crippen molar-refractivity contribution in [3.63, 3.8) is 0 Å². The van der Waals surface area contributed by atoms with Crippen molar-refractivity contribution in [2.75, 3.05) is 30.9 Å². The van der Waals surface area contributed by atoms with Crippen molar-refractivity contribution < 1.29 is 23.8 Å². The van der Waals surface area contributed by atoms with E-state index in [2.05, 4.69) is 5.32 Å². The lowest BCUT2D eigenvalue weighted by Gasteiger charge is -2.18. The maximum Gasteiger partial charge on any atom is 0.316 e. The van der Waals surface area contributed by atoms with E-state index in [0.717, 1.165) is 16.0 Å². The van der Waals surface area contributed by atoms with Gasteiger partial charge in [-0.1, -0.05) is 6.07 Å². The third-order valence-electron chi connectivity index (χ3n) is 3.74. The van der Waals surface area contributed by atoms with Crippen LogP contribution in [0.5, 0.6) is 11.5 Å². The summed E-state index contributed by atoms with van der Waals surface area (Å²) < 4.78 is 16.0. The van der Waals surface area contributed by atoms with E-state index in [4.69, 9.17) is 14.2 Å². The van der Waals surface area contributed by atoms with E-state index in [0.29, 0.717) is 30.4 Å². The second-order valence-corrected chi connectivity index (χ2v) is 7.23. The number of thioether (sulfide) groups is 1. The van der Waals surface area contributed by atoms with Crippen LogP contribution in [0.3, 0.4) is 0 Å². The molecule has 0 aliphatic carbocycles. The van der Waals surface area contributed by atoms with Crippen molar-refractivity contribution in [3.8, 4) is 11.5 Å². The summed E-state index contributed by atoms with van der Waals surface area (Å²) in [6.45, 7) is 4.65. The Morgan fingerprint density at radius 1 is 1.04 bits per heavy atom. The van der Waals surface area contributed by atoms with Gasteiger partial charge in [0, 0.05) is 10.6 Å². The van der Waals surface area contributed by atoms with E-state index in [1.165, 1.54) is 11.8 Å². The molecule has 0 saturated carbocycles. The predicted octanol–water partition coefficient (Wildman–Crippen LogP) is 3.35. The summed E-state index contributed by atoms with van der Waals surface area (Å²) in [4.78, 5) is 24.7. The highest BCUT2D eigenvalue weighted by Gasteiger charge is 2.13. The zero-order valence-corrected chi connectivity index (χ0v) is 16.1. The number of carbonyl (C=O) groups is 2. The van der Waals surface area contributed by atoms with Gasteiger partial charge in [0.1, 0.15) is 13.2 Å². The van der Waals surface area contributed by atoms with Crippen LogP contribution < -0.4 is 14.8 Å². The monoisotopic (exact) mass is 387 g/mol. The molecule has 2 aromatic rings. The van der Waals surface area contributed by atoms with Crippen LogP contribution in [-0.4, -0.2) is 37.4 Å². The Kier molecular flexibility index (Phi) is 6.24. The van der Waals surface area contributed by atoms with Crippen molar-refractivity contribution in [3.05, 3.63) is 47.5 Å². The van der Waals surface area contributed by atoms with Crippen LogP contribution in [-0.2, 0) is 14.3 Å². The Morgan fingerprint density at radius 3 is 2.48 bits per heavy atom. The lowest BCUT2D eigenvalue weighted by molar-refractivity contribution is -0.144. The van der Waals surface area contributed by atoms with Crippen LogP contribution in [0, 0.1) is 13.8 Å². The first-order chi connectivity index (χ1) is 13.0. The summed E-state index contributed by atoms with van der Waals surface area (Å²) >= 11 is 1.32. The molecule has 142 valence electrons. The molecule has 1 heterocycles. The number of hydrogen-bond donors (Lipinski definition) is 1. The number of benzene rings is 2. The van der Waals surface area contributed by atoms with Crippen molar-refractivity contribution in [2.24, 2.45) is 0 Å². The van der Waals surface area contributed by atoms with Crippen LogP contribution >= 0.6 is 11.8 Å². The number of amides is 1. The molecule has 0 unspecified atom stereocenters. The van der Waals surface area contributed by atoms with E-state index in [1.807, 2.05) is 50.2 Å². The molecule has 0 saturated heterocycles. The van der Waals surface area contributed by atoms with Gasteiger partial charge in [0.2, 0.25) is 0 Å². The fourth-order valence-electron chi connectivity index (χ4n) is 2.69. The Balaban J connectivity index is 1.43. The molecule has 0 radical (unpaired) electrons. The number of hydrogen-bond acceptors (Lipinski definition) is 6. The first-order valence-electron chi connectivity index (χ1n) is 8.56. The molecule has 7 heteroatoms. The molecule has 0 fully saturated rings. The smallest absolute Gasteiger partial charge is 0.316 e. The number of carbonyl (C=O) groups excluding carboxylic acids is 2. The van der Waals surface area contributed by atoms with Gasteiger partial charge >= 0.3 is 5.97 Å². The standard InChI is InChI=1S/C20H21NO5S/c1-13-7-14(2)9-15(8-13)21-19(22)11-26-20(23)12-27-16-3-4-17-18(10-16)25-6-5-24-17/h3-4,7-10H,5-6,11-12H2,1-2H3,(H,21,22). The van der Waals surface area contributed by atoms with E-state index in [9.17, 15) is 9.59 Å². The van der Waals surface area contributed by atoms with Gasteiger partial charge in [-0.05, 0) is 55.3 Å². The van der Waals surface area contributed by atoms with Gasteiger partial charge in [0.25, 0.3) is 5.91 Å². The molecule has 0 bridgehead atoms. The average molecular weight is 387 g/mol. The fourth-order valence-corrected chi connectivity index (χ4v) is 3.41. The second kappa shape index (κ2) is 8.81. The van der Waals surface area contributed by atoms with E-state index in [-0.39, 0.29) is 18.3 Å². The number of rotatable bonds is 6. The molecule has 1 aliphatic heterocycles. The molecular formula is C20H21NO5S. The topological polar surface area (TPSA) is 73.9 Å². The van der Waals surface area contributed by atoms with E-state index in [1.54, 1.807) is 0 Å². The molecular weight excluding hydrogens is 366 g/mol. The Labute approximate surface area is 162 Å². The summed E-state index contributed by atoms with van der Waals surface area (Å²) in [6.07, 6.45) is 0. The molecule has 0 atom stereocenters. The van der Waals surface area contributed by atoms with Gasteiger partial charge in [-0.25, -0.2) is 0 Å². The molecule has 6 nitrogen and oxygen atoms in total. The third-order valence-corrected chi connectivity index (χ3v) is 4.71. The molecule has 1 N–H and O–H groups in total. The average Bonchev–Trinajstić information content (AvgIpc) is 2.63. The molecule has 2 aromatic carbocycles. The fraction of sp³-hybridized carbons (Fsp3) is 0.300. The maximum atomic E-state index is 11.9. The van der Waals surface area contributed by atoms with Gasteiger partial charge in [-0.2, -0.15) is 0 Å². The van der Waals surface area contributed by atoms with Gasteiger partial charge in [-0.15, -0.1) is 11.8 Å². The van der Waals surface area contributed by atoms with Crippen LogP contribution in [0.2, 0.25) is 0 Å². The molecule has 0 spiro atoms. The minimum absolute atomic E-state index is 0.108. The Hall–Kier alpha value is -2.67. The minimum atomic E-state index is -0.453. The van der Waals surface area contributed by atoms with Crippen LogP contribution in [0.4, 0.5) is 5.69 Å². The SMILES string of the molecule is Cc1cc(C)cc(NC(=O)COC(=O)CSc2ccc3c(c2)OCCO3)c1. The first-order valence-corrected chi connectivity index (χ1v) is 9.54. The van der Waals surface area contributed by atoms with Crippen molar-refractivity contribution in [2.45, 2.75) is 18.7 Å². The zero-order valence-electron chi connectivity index (χ0n) is 15.2. The largest absolute Gasteiger partial charge is 0.486 e. The third kappa shape index (κ3) is 5.65. The zero-order chi connectivity index (χ0) is 19.2. The predicted molar refractivity (Wildman–Crippen MR) is 104 cm³/mol. The van der Waals surface area contributed by atoms with Crippen molar-refractivity contribution in [1.82, 2.24) is 0 Å². The molecule has 0 aromatic heterocycles. The van der Waals surface area contributed by atoms with Gasteiger partial charge in [-0.3, -0.25) is 9.59 Å². The maximum absolute atomic E-state index is 11.9. The summed E-state index contributed by atoms with van der Waals surface area (Å²) in [7, 11) is 0. The molecule has 1 aliphatic rings. The number of ether oxygens (including phenoxy) is 3. The minimum Gasteiger partial charge on any atom is -0.486 e. The Bertz CT molecular complexity index is 832. The van der Waals surface area contributed by atoms with Crippen LogP contribution in [0.25, 0.3) is 0 Å². The van der Waals surface area contributed by atoms with Gasteiger partial charge in [0.15, 0.2) is 18.1 Å². The van der Waals surface area contributed by atoms with Crippen molar-refractivity contribution in [1.29, 1.82) is 0 Å². The van der Waals surface area contributed by atoms with Gasteiger partial charge in [0.05, 0.1) is 5.75 Å². The number of esters is 1. The lowest BCUT2D eigenvalue weighted by Crippen LogP contribution is -2.21. The molecule has 1 amide bonds. The molecule has 3 rings (SSSR count). The number of fused-ring (bicyclic) bond motifs is 1. The molecule has 27 heavy (non-hydrogen) atoms. The summed E-state index contributed by atoms with van der Waals surface area (Å²) in [6, 6.07) is 11.3. The van der Waals surface area contributed by atoms with Gasteiger partial charge < -0.3 is 19.5 Å². The second-order valence-electron chi connectivity index (χ2n) is 6.18.